The first-order chi connectivity index (χ1) is 13.0. The predicted octanol–water partition coefficient (Wildman–Crippen LogP) is 4.09. The number of benzene rings is 2. The van der Waals surface area contributed by atoms with Gasteiger partial charge in [-0.25, -0.2) is 0 Å². The summed E-state index contributed by atoms with van der Waals surface area (Å²) in [6, 6.07) is 14.2. The number of carbonyl (C=O) groups is 2. The van der Waals surface area contributed by atoms with Crippen LogP contribution in [0.4, 0.5) is 11.4 Å². The quantitative estimate of drug-likeness (QED) is 0.416. The number of hydrogen-bond acceptors (Lipinski definition) is 4. The highest BCUT2D eigenvalue weighted by molar-refractivity contribution is 6.40. The summed E-state index contributed by atoms with van der Waals surface area (Å²) < 4.78 is 1.59. The van der Waals surface area contributed by atoms with Crippen molar-refractivity contribution in [3.05, 3.63) is 66.7 Å². The summed E-state index contributed by atoms with van der Waals surface area (Å²) in [7, 11) is 0. The molecule has 0 bridgehead atoms. The van der Waals surface area contributed by atoms with Gasteiger partial charge in [-0.05, 0) is 30.7 Å². The van der Waals surface area contributed by atoms with Crippen molar-refractivity contribution >= 4 is 34.1 Å². The molecule has 136 valence electrons. The minimum absolute atomic E-state index is 0.129. The van der Waals surface area contributed by atoms with Gasteiger partial charge in [0.05, 0.1) is 5.52 Å². The number of nitrogens with one attached hydrogen (secondary N) is 1. The van der Waals surface area contributed by atoms with Crippen LogP contribution in [0.2, 0.25) is 0 Å². The van der Waals surface area contributed by atoms with E-state index in [9.17, 15) is 14.7 Å². The summed E-state index contributed by atoms with van der Waals surface area (Å²) in [6.07, 6.45) is 1.63. The fourth-order valence-electron chi connectivity index (χ4n) is 2.73. The second kappa shape index (κ2) is 7.65. The van der Waals surface area contributed by atoms with Gasteiger partial charge in [-0.15, -0.1) is 16.8 Å². The van der Waals surface area contributed by atoms with Gasteiger partial charge < -0.3 is 15.0 Å². The van der Waals surface area contributed by atoms with Crippen molar-refractivity contribution in [2.75, 3.05) is 5.32 Å². The first-order valence-electron chi connectivity index (χ1n) is 8.26. The van der Waals surface area contributed by atoms with Crippen molar-refractivity contribution in [2.45, 2.75) is 13.5 Å². The van der Waals surface area contributed by atoms with Gasteiger partial charge in [-0.2, -0.15) is 0 Å². The molecule has 3 rings (SSSR count). The SMILES string of the molecule is C=CCn1c(O)c(N=NC(=O)C(=O)Nc2cccc(C)c2)c2ccccc21. The lowest BCUT2D eigenvalue weighted by Crippen LogP contribution is -2.20. The fourth-order valence-corrected chi connectivity index (χ4v) is 2.73. The molecule has 0 aliphatic heterocycles. The Kier molecular flexibility index (Phi) is 5.12. The van der Waals surface area contributed by atoms with Crippen LogP contribution in [0.25, 0.3) is 10.9 Å². The molecular formula is C20H18N4O3. The second-order valence-corrected chi connectivity index (χ2v) is 5.92. The Morgan fingerprint density at radius 1 is 1.22 bits per heavy atom. The normalized spacial score (nSPS) is 11.0. The highest BCUT2D eigenvalue weighted by Crippen LogP contribution is 2.38. The molecule has 1 heterocycles. The van der Waals surface area contributed by atoms with E-state index in [4.69, 9.17) is 0 Å². The molecule has 0 saturated heterocycles. The van der Waals surface area contributed by atoms with E-state index in [1.54, 1.807) is 41.0 Å². The summed E-state index contributed by atoms with van der Waals surface area (Å²) in [4.78, 5) is 24.0. The number of aromatic hydroxyl groups is 1. The van der Waals surface area contributed by atoms with E-state index in [0.29, 0.717) is 17.6 Å². The van der Waals surface area contributed by atoms with Crippen LogP contribution >= 0.6 is 0 Å². The maximum absolute atomic E-state index is 12.0. The minimum Gasteiger partial charge on any atom is -0.493 e. The highest BCUT2D eigenvalue weighted by atomic mass is 16.3. The maximum atomic E-state index is 12.0. The zero-order valence-corrected chi connectivity index (χ0v) is 14.7. The van der Waals surface area contributed by atoms with Gasteiger partial charge in [0.2, 0.25) is 5.88 Å². The topological polar surface area (TPSA) is 96.0 Å². The first kappa shape index (κ1) is 18.1. The number of carbonyl (C=O) groups excluding carboxylic acids is 2. The Morgan fingerprint density at radius 3 is 2.74 bits per heavy atom. The Hall–Kier alpha value is -3.74. The zero-order valence-electron chi connectivity index (χ0n) is 14.7. The van der Waals surface area contributed by atoms with Crippen LogP contribution in [0.3, 0.4) is 0 Å². The summed E-state index contributed by atoms with van der Waals surface area (Å²) in [5, 5.41) is 20.8. The molecule has 0 aliphatic rings. The van der Waals surface area contributed by atoms with Gasteiger partial charge in [0, 0.05) is 17.6 Å². The summed E-state index contributed by atoms with van der Waals surface area (Å²) >= 11 is 0. The van der Waals surface area contributed by atoms with E-state index in [2.05, 4.69) is 22.1 Å². The van der Waals surface area contributed by atoms with Crippen LogP contribution in [0.1, 0.15) is 5.56 Å². The first-order valence-corrected chi connectivity index (χ1v) is 8.26. The van der Waals surface area contributed by atoms with Crippen molar-refractivity contribution in [3.8, 4) is 5.88 Å². The molecule has 0 unspecified atom stereocenters. The van der Waals surface area contributed by atoms with Crippen molar-refractivity contribution in [3.63, 3.8) is 0 Å². The third-order valence-electron chi connectivity index (χ3n) is 3.94. The molecular weight excluding hydrogens is 344 g/mol. The predicted molar refractivity (Wildman–Crippen MR) is 103 cm³/mol. The second-order valence-electron chi connectivity index (χ2n) is 5.92. The highest BCUT2D eigenvalue weighted by Gasteiger charge is 2.18. The maximum Gasteiger partial charge on any atom is 0.353 e. The van der Waals surface area contributed by atoms with Crippen LogP contribution in [0, 0.1) is 6.92 Å². The van der Waals surface area contributed by atoms with E-state index < -0.39 is 11.8 Å². The third kappa shape index (κ3) is 3.77. The van der Waals surface area contributed by atoms with Gasteiger partial charge in [0.1, 0.15) is 0 Å². The molecule has 0 spiro atoms. The van der Waals surface area contributed by atoms with E-state index in [0.717, 1.165) is 11.1 Å². The van der Waals surface area contributed by atoms with Crippen LogP contribution in [-0.2, 0) is 16.1 Å². The number of nitrogens with zero attached hydrogens (tertiary/aromatic N) is 3. The van der Waals surface area contributed by atoms with Crippen molar-refractivity contribution < 1.29 is 14.7 Å². The van der Waals surface area contributed by atoms with Gasteiger partial charge in [-0.1, -0.05) is 36.4 Å². The number of anilines is 1. The minimum atomic E-state index is -1.06. The van der Waals surface area contributed by atoms with Crippen molar-refractivity contribution in [2.24, 2.45) is 10.2 Å². The molecule has 7 heteroatoms. The van der Waals surface area contributed by atoms with Crippen LogP contribution in [0.5, 0.6) is 5.88 Å². The molecule has 0 aliphatic carbocycles. The lowest BCUT2D eigenvalue weighted by Gasteiger charge is -2.02. The Balaban J connectivity index is 1.85. The molecule has 0 radical (unpaired) electrons. The van der Waals surface area contributed by atoms with Gasteiger partial charge >= 0.3 is 11.8 Å². The molecule has 3 aromatic rings. The average Bonchev–Trinajstić information content (AvgIpc) is 2.92. The van der Waals surface area contributed by atoms with Crippen LogP contribution < -0.4 is 5.32 Å². The largest absolute Gasteiger partial charge is 0.493 e. The van der Waals surface area contributed by atoms with Crippen molar-refractivity contribution in [1.29, 1.82) is 0 Å². The number of azo groups is 1. The number of aromatic nitrogens is 1. The molecule has 0 atom stereocenters. The third-order valence-corrected chi connectivity index (χ3v) is 3.94. The van der Waals surface area contributed by atoms with Crippen molar-refractivity contribution in [1.82, 2.24) is 4.57 Å². The molecule has 2 aromatic carbocycles. The number of allylic oxidation sites excluding steroid dienone is 1. The van der Waals surface area contributed by atoms with Gasteiger partial charge in [-0.3, -0.25) is 9.59 Å². The number of amides is 2. The average molecular weight is 362 g/mol. The Morgan fingerprint density at radius 2 is 2.00 bits per heavy atom. The molecule has 2 N–H and O–H groups in total. The Labute approximate surface area is 155 Å². The monoisotopic (exact) mass is 362 g/mol. The molecule has 2 amide bonds. The molecule has 7 nitrogen and oxygen atoms in total. The summed E-state index contributed by atoms with van der Waals surface area (Å²) in [5.74, 6) is -2.11. The summed E-state index contributed by atoms with van der Waals surface area (Å²) in [6.45, 7) is 5.90. The lowest BCUT2D eigenvalue weighted by molar-refractivity contribution is -0.134. The van der Waals surface area contributed by atoms with Crippen LogP contribution in [0.15, 0.2) is 71.4 Å². The zero-order chi connectivity index (χ0) is 19.4. The molecule has 27 heavy (non-hydrogen) atoms. The number of fused-ring (bicyclic) bond motifs is 1. The number of rotatable bonds is 4. The summed E-state index contributed by atoms with van der Waals surface area (Å²) in [5.41, 5.74) is 2.29. The molecule has 0 saturated carbocycles. The fraction of sp³-hybridized carbons (Fsp3) is 0.100. The number of para-hydroxylation sites is 1. The van der Waals surface area contributed by atoms with E-state index in [1.165, 1.54) is 0 Å². The Bertz CT molecular complexity index is 1070. The smallest absolute Gasteiger partial charge is 0.353 e. The van der Waals surface area contributed by atoms with E-state index in [-0.39, 0.29) is 11.6 Å². The number of aryl methyl sites for hydroxylation is 1. The van der Waals surface area contributed by atoms with E-state index >= 15 is 0 Å². The number of hydrogen-bond donors (Lipinski definition) is 2. The van der Waals surface area contributed by atoms with Crippen LogP contribution in [-0.4, -0.2) is 21.5 Å². The van der Waals surface area contributed by atoms with Gasteiger partial charge in [0.15, 0.2) is 5.69 Å². The van der Waals surface area contributed by atoms with E-state index in [1.807, 2.05) is 25.1 Å². The lowest BCUT2D eigenvalue weighted by atomic mass is 10.2. The molecule has 1 aromatic heterocycles. The van der Waals surface area contributed by atoms with Gasteiger partial charge in [0.25, 0.3) is 0 Å². The standard InChI is InChI=1S/C20H18N4O3/c1-3-11-24-16-10-5-4-9-15(16)17(20(24)27)22-23-19(26)18(25)21-14-8-6-7-13(2)12-14/h3-10,12,27H,1,11H2,2H3,(H,21,25). The molecule has 0 fully saturated rings.